The first-order valence-electron chi connectivity index (χ1n) is 9.43. The van der Waals surface area contributed by atoms with Crippen molar-refractivity contribution < 1.29 is 9.47 Å². The third-order valence-electron chi connectivity index (χ3n) is 5.12. The van der Waals surface area contributed by atoms with Gasteiger partial charge in [-0.1, -0.05) is 18.2 Å². The number of aromatic nitrogens is 4. The molecule has 3 aromatic rings. The zero-order valence-corrected chi connectivity index (χ0v) is 15.6. The number of anilines is 1. The lowest BCUT2D eigenvalue weighted by Gasteiger charge is -2.12. The fraction of sp³-hybridized carbons (Fsp3) is 0.350. The van der Waals surface area contributed by atoms with Gasteiger partial charge in [0.2, 0.25) is 0 Å². The van der Waals surface area contributed by atoms with Gasteiger partial charge in [0.1, 0.15) is 17.4 Å². The van der Waals surface area contributed by atoms with Gasteiger partial charge in [-0.05, 0) is 42.5 Å². The SMILES string of the molecule is CC1Cc2cc3cc(c2O1)C/C=C\CCOc1nc(N)c2[nH]c(=O)n(c2n1)C3. The summed E-state index contributed by atoms with van der Waals surface area (Å²) < 4.78 is 13.2. The second-order valence-electron chi connectivity index (χ2n) is 7.29. The Morgan fingerprint density at radius 1 is 1.25 bits per heavy atom. The third-order valence-corrected chi connectivity index (χ3v) is 5.12. The van der Waals surface area contributed by atoms with Gasteiger partial charge >= 0.3 is 11.7 Å². The smallest absolute Gasteiger partial charge is 0.328 e. The van der Waals surface area contributed by atoms with Crippen molar-refractivity contribution in [2.24, 2.45) is 0 Å². The van der Waals surface area contributed by atoms with Crippen LogP contribution < -0.4 is 20.9 Å². The van der Waals surface area contributed by atoms with Gasteiger partial charge < -0.3 is 20.2 Å². The van der Waals surface area contributed by atoms with E-state index in [1.807, 2.05) is 0 Å². The molecule has 0 aliphatic carbocycles. The maximum atomic E-state index is 12.6. The molecule has 2 aliphatic heterocycles. The van der Waals surface area contributed by atoms with Crippen molar-refractivity contribution >= 4 is 17.0 Å². The number of fused-ring (bicyclic) bond motifs is 5. The Bertz CT molecular complexity index is 1160. The molecule has 0 radical (unpaired) electrons. The molecule has 3 N–H and O–H groups in total. The predicted octanol–water partition coefficient (Wildman–Crippen LogP) is 1.95. The summed E-state index contributed by atoms with van der Waals surface area (Å²) in [5, 5.41) is 0. The van der Waals surface area contributed by atoms with Crippen LogP contribution in [-0.2, 0) is 19.4 Å². The Morgan fingerprint density at radius 3 is 3.00 bits per heavy atom. The quantitative estimate of drug-likeness (QED) is 0.578. The summed E-state index contributed by atoms with van der Waals surface area (Å²) >= 11 is 0. The van der Waals surface area contributed by atoms with Crippen LogP contribution >= 0.6 is 0 Å². The Kier molecular flexibility index (Phi) is 3.85. The van der Waals surface area contributed by atoms with E-state index in [1.165, 1.54) is 5.56 Å². The molecule has 8 heteroatoms. The molecule has 0 fully saturated rings. The summed E-state index contributed by atoms with van der Waals surface area (Å²) in [6, 6.07) is 4.41. The number of nitrogens with zero attached hydrogens (tertiary/aromatic N) is 3. The highest BCUT2D eigenvalue weighted by Crippen LogP contribution is 2.35. The second-order valence-corrected chi connectivity index (χ2v) is 7.29. The van der Waals surface area contributed by atoms with E-state index in [1.54, 1.807) is 4.57 Å². The van der Waals surface area contributed by atoms with Crippen molar-refractivity contribution in [1.82, 2.24) is 19.5 Å². The number of hydrogen-bond acceptors (Lipinski definition) is 6. The Labute approximate surface area is 161 Å². The molecule has 144 valence electrons. The fourth-order valence-electron chi connectivity index (χ4n) is 3.90. The highest BCUT2D eigenvalue weighted by Gasteiger charge is 2.23. The van der Waals surface area contributed by atoms with E-state index < -0.39 is 0 Å². The minimum absolute atomic E-state index is 0.161. The first-order chi connectivity index (χ1) is 13.6. The molecule has 0 saturated carbocycles. The van der Waals surface area contributed by atoms with Crippen LogP contribution in [0.4, 0.5) is 5.82 Å². The van der Waals surface area contributed by atoms with Crippen LogP contribution in [0.1, 0.15) is 30.0 Å². The van der Waals surface area contributed by atoms with E-state index in [2.05, 4.69) is 46.2 Å². The van der Waals surface area contributed by atoms with Gasteiger partial charge in [0, 0.05) is 6.42 Å². The summed E-state index contributed by atoms with van der Waals surface area (Å²) in [6.07, 6.45) is 6.73. The normalized spacial score (nSPS) is 19.7. The van der Waals surface area contributed by atoms with E-state index in [0.29, 0.717) is 24.3 Å². The maximum absolute atomic E-state index is 12.6. The molecular formula is C20H21N5O3. The maximum Gasteiger partial charge on any atom is 0.328 e. The molecule has 0 spiro atoms. The van der Waals surface area contributed by atoms with Gasteiger partial charge in [-0.2, -0.15) is 9.97 Å². The molecule has 1 aromatic carbocycles. The van der Waals surface area contributed by atoms with Gasteiger partial charge in [0.05, 0.1) is 13.2 Å². The highest BCUT2D eigenvalue weighted by molar-refractivity contribution is 5.82. The number of ether oxygens (including phenoxy) is 2. The van der Waals surface area contributed by atoms with Crippen molar-refractivity contribution in [3.63, 3.8) is 0 Å². The molecule has 4 bridgehead atoms. The van der Waals surface area contributed by atoms with Crippen molar-refractivity contribution in [2.75, 3.05) is 12.3 Å². The number of rotatable bonds is 0. The standard InChI is InChI=1S/C20H21N5O3/c1-11-7-14-9-12-8-13(16(14)28-11)5-3-2-4-6-27-19-23-17(21)15-18(24-19)25(10-12)20(26)22-15/h2-3,8-9,11H,4-7,10H2,1H3,(H,22,26)(H2,21,23,24)/b3-2-. The first kappa shape index (κ1) is 16.9. The molecule has 2 aromatic heterocycles. The number of aromatic amines is 1. The van der Waals surface area contributed by atoms with Crippen LogP contribution in [-0.4, -0.2) is 32.2 Å². The molecule has 0 saturated heterocycles. The molecule has 0 amide bonds. The summed E-state index contributed by atoms with van der Waals surface area (Å²) in [5.41, 5.74) is 9.98. The van der Waals surface area contributed by atoms with Crippen LogP contribution in [0.25, 0.3) is 11.2 Å². The molecule has 8 nitrogen and oxygen atoms in total. The zero-order valence-electron chi connectivity index (χ0n) is 15.6. The number of nitrogens with two attached hydrogens (primary N) is 1. The summed E-state index contributed by atoms with van der Waals surface area (Å²) in [7, 11) is 0. The lowest BCUT2D eigenvalue weighted by atomic mass is 10.00. The summed E-state index contributed by atoms with van der Waals surface area (Å²) in [6.45, 7) is 2.89. The second kappa shape index (κ2) is 6.40. The van der Waals surface area contributed by atoms with Crippen LogP contribution in [0.15, 0.2) is 29.1 Å². The van der Waals surface area contributed by atoms with Crippen LogP contribution in [0.5, 0.6) is 11.8 Å². The Morgan fingerprint density at radius 2 is 2.11 bits per heavy atom. The van der Waals surface area contributed by atoms with E-state index in [4.69, 9.17) is 15.2 Å². The number of hydrogen-bond donors (Lipinski definition) is 2. The lowest BCUT2D eigenvalue weighted by Crippen LogP contribution is -2.18. The minimum Gasteiger partial charge on any atom is -0.490 e. The molecular weight excluding hydrogens is 358 g/mol. The van der Waals surface area contributed by atoms with Gasteiger partial charge in [-0.25, -0.2) is 4.79 Å². The lowest BCUT2D eigenvalue weighted by molar-refractivity contribution is 0.253. The van der Waals surface area contributed by atoms with E-state index in [0.717, 1.165) is 36.1 Å². The average molecular weight is 379 g/mol. The fourth-order valence-corrected chi connectivity index (χ4v) is 3.90. The van der Waals surface area contributed by atoms with Crippen molar-refractivity contribution in [2.45, 2.75) is 38.8 Å². The van der Waals surface area contributed by atoms with E-state index in [-0.39, 0.29) is 23.6 Å². The topological polar surface area (TPSA) is 108 Å². The molecule has 4 heterocycles. The van der Waals surface area contributed by atoms with Crippen molar-refractivity contribution in [3.05, 3.63) is 51.5 Å². The first-order valence-corrected chi connectivity index (χ1v) is 9.43. The number of nitrogens with one attached hydrogen (secondary N) is 1. The van der Waals surface area contributed by atoms with Gasteiger partial charge in [0.15, 0.2) is 11.5 Å². The monoisotopic (exact) mass is 379 g/mol. The molecule has 1 atom stereocenters. The Balaban J connectivity index is 1.69. The van der Waals surface area contributed by atoms with E-state index >= 15 is 0 Å². The van der Waals surface area contributed by atoms with Crippen LogP contribution in [0.3, 0.4) is 0 Å². The number of benzene rings is 1. The van der Waals surface area contributed by atoms with Crippen molar-refractivity contribution in [3.8, 4) is 11.8 Å². The summed E-state index contributed by atoms with van der Waals surface area (Å²) in [4.78, 5) is 23.9. The number of allylic oxidation sites excluding steroid dienone is 1. The van der Waals surface area contributed by atoms with Gasteiger partial charge in [0.25, 0.3) is 0 Å². The van der Waals surface area contributed by atoms with Gasteiger partial charge in [-0.3, -0.25) is 4.57 Å². The molecule has 2 aliphatic rings. The zero-order chi connectivity index (χ0) is 19.3. The number of nitrogen functional groups attached to an aromatic ring is 1. The molecule has 28 heavy (non-hydrogen) atoms. The largest absolute Gasteiger partial charge is 0.490 e. The number of H-pyrrole nitrogens is 1. The molecule has 5 rings (SSSR count). The predicted molar refractivity (Wildman–Crippen MR) is 105 cm³/mol. The highest BCUT2D eigenvalue weighted by atomic mass is 16.5. The van der Waals surface area contributed by atoms with Crippen molar-refractivity contribution in [1.29, 1.82) is 0 Å². The van der Waals surface area contributed by atoms with Gasteiger partial charge in [-0.15, -0.1) is 0 Å². The van der Waals surface area contributed by atoms with Crippen LogP contribution in [0, 0.1) is 0 Å². The minimum atomic E-state index is -0.271. The third kappa shape index (κ3) is 2.81. The average Bonchev–Trinajstić information content (AvgIpc) is 3.18. The number of imidazole rings is 1. The summed E-state index contributed by atoms with van der Waals surface area (Å²) in [5.74, 6) is 1.18. The molecule has 1 unspecified atom stereocenters. The van der Waals surface area contributed by atoms with E-state index in [9.17, 15) is 4.79 Å². The Hall–Kier alpha value is -3.29. The van der Waals surface area contributed by atoms with Crippen LogP contribution in [0.2, 0.25) is 0 Å².